The zero-order chi connectivity index (χ0) is 19.2. The van der Waals surface area contributed by atoms with Gasteiger partial charge in [0.15, 0.2) is 0 Å². The highest BCUT2D eigenvalue weighted by Gasteiger charge is 2.34. The Hall–Kier alpha value is -0.940. The van der Waals surface area contributed by atoms with Gasteiger partial charge in [-0.1, -0.05) is 52.0 Å². The summed E-state index contributed by atoms with van der Waals surface area (Å²) >= 11 is 0. The Bertz CT molecular complexity index is 519. The van der Waals surface area contributed by atoms with E-state index in [2.05, 4.69) is 57.3 Å². The second-order valence-electron chi connectivity index (χ2n) is 8.58. The van der Waals surface area contributed by atoms with Crippen LogP contribution >= 0.6 is 0 Å². The van der Waals surface area contributed by atoms with Crippen molar-refractivity contribution < 1.29 is 14.9 Å². The summed E-state index contributed by atoms with van der Waals surface area (Å²) in [5.74, 6) is 0.996. The van der Waals surface area contributed by atoms with E-state index in [1.165, 1.54) is 5.56 Å². The SMILES string of the molecule is CC(C)COC[C@H](O)CNC1CCC(O)(c2ccc(C(C)C)cc2)CC1. The topological polar surface area (TPSA) is 61.7 Å². The third-order valence-electron chi connectivity index (χ3n) is 5.33. The standard InChI is InChI=1S/C22H37NO3/c1-16(2)14-26-15-21(24)13-23-20-9-11-22(25,12-10-20)19-7-5-18(6-8-19)17(3)4/h5-8,16-17,20-21,23-25H,9-15H2,1-4H3/t20?,21-,22?/m1/s1. The van der Waals surface area contributed by atoms with Crippen molar-refractivity contribution in [3.8, 4) is 0 Å². The van der Waals surface area contributed by atoms with E-state index in [1.54, 1.807) is 0 Å². The van der Waals surface area contributed by atoms with Crippen LogP contribution < -0.4 is 5.32 Å². The normalized spacial score (nSPS) is 25.0. The highest BCUT2D eigenvalue weighted by atomic mass is 16.5. The molecule has 1 saturated carbocycles. The summed E-state index contributed by atoms with van der Waals surface area (Å²) < 4.78 is 5.48. The van der Waals surface area contributed by atoms with Crippen LogP contribution in [0.4, 0.5) is 0 Å². The molecule has 0 radical (unpaired) electrons. The molecule has 1 aliphatic carbocycles. The van der Waals surface area contributed by atoms with Crippen LogP contribution in [0.1, 0.15) is 70.4 Å². The molecule has 4 heteroatoms. The van der Waals surface area contributed by atoms with E-state index in [0.717, 1.165) is 31.2 Å². The summed E-state index contributed by atoms with van der Waals surface area (Å²) in [5.41, 5.74) is 1.62. The van der Waals surface area contributed by atoms with Crippen LogP contribution in [0, 0.1) is 5.92 Å². The van der Waals surface area contributed by atoms with E-state index in [-0.39, 0.29) is 0 Å². The number of aliphatic hydroxyl groups is 2. The van der Waals surface area contributed by atoms with Crippen LogP contribution in [0.5, 0.6) is 0 Å². The molecule has 1 fully saturated rings. The molecule has 0 aromatic heterocycles. The van der Waals surface area contributed by atoms with Gasteiger partial charge in [0.05, 0.1) is 18.3 Å². The molecule has 0 aliphatic heterocycles. The van der Waals surface area contributed by atoms with Crippen LogP contribution in [0.3, 0.4) is 0 Å². The number of rotatable bonds is 9. The first-order valence-electron chi connectivity index (χ1n) is 10.1. The minimum atomic E-state index is -0.716. The number of benzene rings is 1. The molecule has 1 aromatic rings. The molecule has 0 amide bonds. The Morgan fingerprint density at radius 2 is 1.69 bits per heavy atom. The van der Waals surface area contributed by atoms with E-state index < -0.39 is 11.7 Å². The van der Waals surface area contributed by atoms with Crippen LogP contribution in [0.25, 0.3) is 0 Å². The van der Waals surface area contributed by atoms with Crippen molar-refractivity contribution in [2.24, 2.45) is 5.92 Å². The fourth-order valence-corrected chi connectivity index (χ4v) is 3.57. The van der Waals surface area contributed by atoms with Crippen molar-refractivity contribution in [2.45, 2.75) is 77.0 Å². The van der Waals surface area contributed by atoms with Gasteiger partial charge in [-0.3, -0.25) is 0 Å². The van der Waals surface area contributed by atoms with Crippen molar-refractivity contribution in [3.63, 3.8) is 0 Å². The summed E-state index contributed by atoms with van der Waals surface area (Å²) in [6.45, 7) is 10.2. The van der Waals surface area contributed by atoms with Gasteiger partial charge in [-0.25, -0.2) is 0 Å². The van der Waals surface area contributed by atoms with Gasteiger partial charge in [0.2, 0.25) is 0 Å². The van der Waals surface area contributed by atoms with E-state index in [1.807, 2.05) is 0 Å². The predicted molar refractivity (Wildman–Crippen MR) is 106 cm³/mol. The highest BCUT2D eigenvalue weighted by Crippen LogP contribution is 2.37. The Balaban J connectivity index is 1.75. The first kappa shape index (κ1) is 21.4. The molecule has 4 nitrogen and oxygen atoms in total. The van der Waals surface area contributed by atoms with Gasteiger partial charge in [-0.2, -0.15) is 0 Å². The molecule has 0 spiro atoms. The molecule has 2 rings (SSSR count). The molecule has 26 heavy (non-hydrogen) atoms. The monoisotopic (exact) mass is 363 g/mol. The second-order valence-corrected chi connectivity index (χ2v) is 8.58. The molecule has 0 bridgehead atoms. The molecule has 1 aromatic carbocycles. The molecule has 1 aliphatic rings. The third kappa shape index (κ3) is 6.34. The van der Waals surface area contributed by atoms with Gasteiger partial charge in [-0.15, -0.1) is 0 Å². The van der Waals surface area contributed by atoms with Gasteiger partial charge in [-0.05, 0) is 48.6 Å². The first-order chi connectivity index (χ1) is 12.3. The average molecular weight is 364 g/mol. The average Bonchev–Trinajstić information content (AvgIpc) is 2.61. The van der Waals surface area contributed by atoms with E-state index in [9.17, 15) is 10.2 Å². The van der Waals surface area contributed by atoms with Crippen LogP contribution in [-0.2, 0) is 10.3 Å². The smallest absolute Gasteiger partial charge is 0.0897 e. The molecular weight excluding hydrogens is 326 g/mol. The first-order valence-corrected chi connectivity index (χ1v) is 10.1. The third-order valence-corrected chi connectivity index (χ3v) is 5.33. The Morgan fingerprint density at radius 1 is 1.08 bits per heavy atom. The molecule has 1 atom stereocenters. The van der Waals surface area contributed by atoms with E-state index >= 15 is 0 Å². The lowest BCUT2D eigenvalue weighted by Crippen LogP contribution is -2.43. The van der Waals surface area contributed by atoms with Gasteiger partial charge in [0, 0.05) is 19.2 Å². The summed E-state index contributed by atoms with van der Waals surface area (Å²) in [7, 11) is 0. The van der Waals surface area contributed by atoms with Crippen molar-refractivity contribution in [3.05, 3.63) is 35.4 Å². The van der Waals surface area contributed by atoms with Crippen LogP contribution in [0.15, 0.2) is 24.3 Å². The summed E-state index contributed by atoms with van der Waals surface area (Å²) in [6.07, 6.45) is 2.87. The number of nitrogens with one attached hydrogen (secondary N) is 1. The highest BCUT2D eigenvalue weighted by molar-refractivity contribution is 5.29. The number of hydrogen-bond acceptors (Lipinski definition) is 4. The maximum atomic E-state index is 11.0. The maximum absolute atomic E-state index is 11.0. The van der Waals surface area contributed by atoms with E-state index in [0.29, 0.717) is 37.6 Å². The molecular formula is C22H37NO3. The van der Waals surface area contributed by atoms with Gasteiger partial charge in [0.25, 0.3) is 0 Å². The zero-order valence-corrected chi connectivity index (χ0v) is 16.9. The van der Waals surface area contributed by atoms with Gasteiger partial charge in [0.1, 0.15) is 0 Å². The minimum Gasteiger partial charge on any atom is -0.389 e. The lowest BCUT2D eigenvalue weighted by Gasteiger charge is -2.37. The Morgan fingerprint density at radius 3 is 2.23 bits per heavy atom. The lowest BCUT2D eigenvalue weighted by molar-refractivity contribution is -0.0118. The maximum Gasteiger partial charge on any atom is 0.0897 e. The predicted octanol–water partition coefficient (Wildman–Crippen LogP) is 3.56. The van der Waals surface area contributed by atoms with Crippen molar-refractivity contribution in [1.29, 1.82) is 0 Å². The Kier molecular flexibility index (Phi) is 8.08. The summed E-state index contributed by atoms with van der Waals surface area (Å²) in [5, 5.41) is 24.5. The summed E-state index contributed by atoms with van der Waals surface area (Å²) in [4.78, 5) is 0. The van der Waals surface area contributed by atoms with Crippen LogP contribution in [-0.4, -0.2) is 42.1 Å². The molecule has 0 unspecified atom stereocenters. The van der Waals surface area contributed by atoms with Crippen LogP contribution in [0.2, 0.25) is 0 Å². The molecule has 0 heterocycles. The minimum absolute atomic E-state index is 0.352. The molecule has 148 valence electrons. The number of hydrogen-bond donors (Lipinski definition) is 3. The van der Waals surface area contributed by atoms with Gasteiger partial charge < -0.3 is 20.3 Å². The Labute approximate surface area is 159 Å². The number of ether oxygens (including phenoxy) is 1. The fraction of sp³-hybridized carbons (Fsp3) is 0.727. The summed E-state index contributed by atoms with van der Waals surface area (Å²) in [6, 6.07) is 8.79. The van der Waals surface area contributed by atoms with E-state index in [4.69, 9.17) is 4.74 Å². The molecule has 3 N–H and O–H groups in total. The van der Waals surface area contributed by atoms with Crippen molar-refractivity contribution in [1.82, 2.24) is 5.32 Å². The lowest BCUT2D eigenvalue weighted by atomic mass is 9.77. The quantitative estimate of drug-likeness (QED) is 0.628. The largest absolute Gasteiger partial charge is 0.389 e. The van der Waals surface area contributed by atoms with Crippen molar-refractivity contribution in [2.75, 3.05) is 19.8 Å². The molecule has 0 saturated heterocycles. The zero-order valence-electron chi connectivity index (χ0n) is 16.9. The van der Waals surface area contributed by atoms with Crippen molar-refractivity contribution >= 4 is 0 Å². The fourth-order valence-electron chi connectivity index (χ4n) is 3.57. The van der Waals surface area contributed by atoms with Gasteiger partial charge >= 0.3 is 0 Å². The number of aliphatic hydroxyl groups excluding tert-OH is 1. The second kappa shape index (κ2) is 9.84.